The van der Waals surface area contributed by atoms with Crippen LogP contribution >= 0.6 is 0 Å². The van der Waals surface area contributed by atoms with Crippen molar-refractivity contribution in [1.82, 2.24) is 5.32 Å². The van der Waals surface area contributed by atoms with E-state index in [2.05, 4.69) is 17.2 Å². The molecule has 26 heavy (non-hydrogen) atoms. The minimum Gasteiger partial charge on any atom is -0.495 e. The van der Waals surface area contributed by atoms with Crippen LogP contribution < -0.4 is 10.1 Å². The first-order valence-corrected chi connectivity index (χ1v) is 7.95. The molecule has 1 amide bonds. The molecule has 0 unspecified atom stereocenters. The van der Waals surface area contributed by atoms with Gasteiger partial charge in [0.25, 0.3) is 0 Å². The summed E-state index contributed by atoms with van der Waals surface area (Å²) in [5, 5.41) is 11.6. The van der Waals surface area contributed by atoms with Crippen molar-refractivity contribution >= 4 is 12.1 Å². The van der Waals surface area contributed by atoms with Gasteiger partial charge in [-0.25, -0.2) is 9.59 Å². The van der Waals surface area contributed by atoms with Gasteiger partial charge in [-0.15, -0.1) is 0 Å². The van der Waals surface area contributed by atoms with Crippen LogP contribution in [0, 0.1) is 11.8 Å². The second-order valence-corrected chi connectivity index (χ2v) is 5.26. The SMILES string of the molecule is COc1cc(C(=O)O)ccc1C#CCCNC(=O)OCc1ccccc1. The quantitative estimate of drug-likeness (QED) is 0.616. The monoisotopic (exact) mass is 353 g/mol. The van der Waals surface area contributed by atoms with Crippen molar-refractivity contribution in [1.29, 1.82) is 0 Å². The first-order valence-electron chi connectivity index (χ1n) is 7.95. The molecule has 2 aromatic rings. The normalized spacial score (nSPS) is 9.58. The Balaban J connectivity index is 1.78. The maximum absolute atomic E-state index is 11.6. The molecular formula is C20H19NO5. The van der Waals surface area contributed by atoms with Crippen molar-refractivity contribution < 1.29 is 24.2 Å². The molecule has 0 aliphatic rings. The Morgan fingerprint density at radius 1 is 1.15 bits per heavy atom. The number of rotatable bonds is 6. The number of carbonyl (C=O) groups excluding carboxylic acids is 1. The number of alkyl carbamates (subject to hydrolysis) is 1. The van der Waals surface area contributed by atoms with E-state index in [4.69, 9.17) is 14.6 Å². The van der Waals surface area contributed by atoms with Gasteiger partial charge in [-0.05, 0) is 23.8 Å². The largest absolute Gasteiger partial charge is 0.495 e. The van der Waals surface area contributed by atoms with Gasteiger partial charge in [-0.3, -0.25) is 0 Å². The number of carbonyl (C=O) groups is 2. The Morgan fingerprint density at radius 2 is 1.92 bits per heavy atom. The molecule has 0 aromatic heterocycles. The van der Waals surface area contributed by atoms with E-state index in [1.807, 2.05) is 30.3 Å². The fourth-order valence-electron chi connectivity index (χ4n) is 2.09. The van der Waals surface area contributed by atoms with E-state index in [0.717, 1.165) is 5.56 Å². The number of hydrogen-bond acceptors (Lipinski definition) is 4. The van der Waals surface area contributed by atoms with Crippen molar-refractivity contribution in [2.24, 2.45) is 0 Å². The van der Waals surface area contributed by atoms with E-state index in [1.165, 1.54) is 19.2 Å². The lowest BCUT2D eigenvalue weighted by Crippen LogP contribution is -2.24. The molecule has 0 aliphatic heterocycles. The first-order chi connectivity index (χ1) is 12.6. The standard InChI is InChI=1S/C20H19NO5/c1-25-18-13-17(19(22)23)11-10-16(18)9-5-6-12-21-20(24)26-14-15-7-3-2-4-8-15/h2-4,7-8,10-11,13H,6,12,14H2,1H3,(H,21,24)(H,22,23). The number of carboxylic acid groups (broad SMARTS) is 1. The van der Waals surface area contributed by atoms with Crippen LogP contribution in [0.5, 0.6) is 5.75 Å². The highest BCUT2D eigenvalue weighted by molar-refractivity contribution is 5.88. The first kappa shape index (κ1) is 18.9. The van der Waals surface area contributed by atoms with E-state index >= 15 is 0 Å². The predicted molar refractivity (Wildman–Crippen MR) is 96.1 cm³/mol. The maximum atomic E-state index is 11.6. The number of hydrogen-bond donors (Lipinski definition) is 2. The van der Waals surface area contributed by atoms with Crippen LogP contribution in [0.3, 0.4) is 0 Å². The lowest BCUT2D eigenvalue weighted by atomic mass is 10.1. The summed E-state index contributed by atoms with van der Waals surface area (Å²) in [4.78, 5) is 22.5. The second-order valence-electron chi connectivity index (χ2n) is 5.26. The predicted octanol–water partition coefficient (Wildman–Crippen LogP) is 3.06. The van der Waals surface area contributed by atoms with Gasteiger partial charge in [-0.1, -0.05) is 42.2 Å². The summed E-state index contributed by atoms with van der Waals surface area (Å²) in [6.45, 7) is 0.557. The van der Waals surface area contributed by atoms with Gasteiger partial charge >= 0.3 is 12.1 Å². The smallest absolute Gasteiger partial charge is 0.407 e. The molecular weight excluding hydrogens is 334 g/mol. The van der Waals surface area contributed by atoms with Crippen LogP contribution in [0.4, 0.5) is 4.79 Å². The summed E-state index contributed by atoms with van der Waals surface area (Å²) >= 11 is 0. The highest BCUT2D eigenvalue weighted by Gasteiger charge is 2.07. The van der Waals surface area contributed by atoms with E-state index in [1.54, 1.807) is 6.07 Å². The van der Waals surface area contributed by atoms with Crippen LogP contribution in [-0.2, 0) is 11.3 Å². The third-order valence-electron chi connectivity index (χ3n) is 3.40. The molecule has 2 rings (SSSR count). The third-order valence-corrected chi connectivity index (χ3v) is 3.40. The van der Waals surface area contributed by atoms with Crippen molar-refractivity contribution in [3.8, 4) is 17.6 Å². The zero-order valence-corrected chi connectivity index (χ0v) is 14.3. The molecule has 2 aromatic carbocycles. The summed E-state index contributed by atoms with van der Waals surface area (Å²) in [6, 6.07) is 13.9. The fraction of sp³-hybridized carbons (Fsp3) is 0.200. The molecule has 6 nitrogen and oxygen atoms in total. The molecule has 0 saturated heterocycles. The minimum absolute atomic E-state index is 0.134. The van der Waals surface area contributed by atoms with Crippen LogP contribution in [0.15, 0.2) is 48.5 Å². The maximum Gasteiger partial charge on any atom is 0.407 e. The van der Waals surface area contributed by atoms with Gasteiger partial charge in [0.1, 0.15) is 12.4 Å². The average molecular weight is 353 g/mol. The summed E-state index contributed by atoms with van der Waals surface area (Å²) in [6.07, 6.45) is -0.0800. The molecule has 0 fully saturated rings. The number of aromatic carboxylic acids is 1. The van der Waals surface area contributed by atoms with Gasteiger partial charge < -0.3 is 19.9 Å². The van der Waals surface area contributed by atoms with Gasteiger partial charge in [0.05, 0.1) is 18.2 Å². The van der Waals surface area contributed by atoms with E-state index < -0.39 is 12.1 Å². The van der Waals surface area contributed by atoms with Crippen molar-refractivity contribution in [3.63, 3.8) is 0 Å². The molecule has 0 bridgehead atoms. The summed E-state index contributed by atoms with van der Waals surface area (Å²) < 4.78 is 10.2. The van der Waals surface area contributed by atoms with Gasteiger partial charge in [0.15, 0.2) is 0 Å². The van der Waals surface area contributed by atoms with E-state index in [0.29, 0.717) is 24.3 Å². The van der Waals surface area contributed by atoms with Crippen LogP contribution in [-0.4, -0.2) is 30.8 Å². The van der Waals surface area contributed by atoms with E-state index in [-0.39, 0.29) is 12.2 Å². The highest BCUT2D eigenvalue weighted by Crippen LogP contribution is 2.19. The number of methoxy groups -OCH3 is 1. The van der Waals surface area contributed by atoms with Crippen LogP contribution in [0.2, 0.25) is 0 Å². The molecule has 2 N–H and O–H groups in total. The molecule has 6 heteroatoms. The molecule has 0 aliphatic carbocycles. The Hall–Kier alpha value is -3.46. The number of carboxylic acids is 1. The Morgan fingerprint density at radius 3 is 2.62 bits per heavy atom. The number of benzene rings is 2. The Labute approximate surface area is 151 Å². The van der Waals surface area contributed by atoms with Crippen LogP contribution in [0.25, 0.3) is 0 Å². The number of nitrogens with one attached hydrogen (secondary N) is 1. The summed E-state index contributed by atoms with van der Waals surface area (Å²) in [7, 11) is 1.45. The van der Waals surface area contributed by atoms with Gasteiger partial charge in [0.2, 0.25) is 0 Å². The molecule has 0 spiro atoms. The minimum atomic E-state index is -1.03. The molecule has 0 radical (unpaired) electrons. The number of amides is 1. The van der Waals surface area contributed by atoms with Crippen molar-refractivity contribution in [3.05, 3.63) is 65.2 Å². The second kappa shape index (κ2) is 9.74. The summed E-state index contributed by atoms with van der Waals surface area (Å²) in [5.41, 5.74) is 1.64. The zero-order valence-electron chi connectivity index (χ0n) is 14.3. The highest BCUT2D eigenvalue weighted by atomic mass is 16.5. The van der Waals surface area contributed by atoms with Gasteiger partial charge in [-0.2, -0.15) is 0 Å². The zero-order chi connectivity index (χ0) is 18.8. The molecule has 0 heterocycles. The molecule has 0 saturated carbocycles. The fourth-order valence-corrected chi connectivity index (χ4v) is 2.09. The lowest BCUT2D eigenvalue weighted by molar-refractivity contribution is 0.0696. The van der Waals surface area contributed by atoms with Crippen LogP contribution in [0.1, 0.15) is 27.9 Å². The number of ether oxygens (including phenoxy) is 2. The Bertz CT molecular complexity index is 821. The lowest BCUT2D eigenvalue weighted by Gasteiger charge is -2.05. The van der Waals surface area contributed by atoms with Gasteiger partial charge in [0, 0.05) is 13.0 Å². The van der Waals surface area contributed by atoms with Crippen molar-refractivity contribution in [2.75, 3.05) is 13.7 Å². The molecule has 134 valence electrons. The Kier molecular flexibility index (Phi) is 7.07. The third kappa shape index (κ3) is 5.87. The summed E-state index contributed by atoms with van der Waals surface area (Å²) in [5.74, 6) is 5.18. The van der Waals surface area contributed by atoms with E-state index in [9.17, 15) is 9.59 Å². The average Bonchev–Trinajstić information content (AvgIpc) is 2.66. The topological polar surface area (TPSA) is 84.9 Å². The van der Waals surface area contributed by atoms with Crippen molar-refractivity contribution in [2.45, 2.75) is 13.0 Å². The molecule has 0 atom stereocenters.